The number of nitrogens with zero attached hydrogens (tertiary/aromatic N) is 2. The number of carbonyl (C=O) groups excluding carboxylic acids is 1. The lowest BCUT2D eigenvalue weighted by atomic mass is 10.2. The number of hydrogen-bond donors (Lipinski definition) is 4. The van der Waals surface area contributed by atoms with Crippen molar-refractivity contribution in [2.75, 3.05) is 0 Å². The number of nitro benzene ring substituents is 1. The molecule has 0 fully saturated rings. The van der Waals surface area contributed by atoms with Crippen molar-refractivity contribution >= 4 is 17.8 Å². The van der Waals surface area contributed by atoms with Gasteiger partial charge in [0, 0.05) is 23.3 Å². The molecule has 0 saturated heterocycles. The number of hydrogen-bond acceptors (Lipinski definition) is 7. The Bertz CT molecular complexity index is 803. The minimum absolute atomic E-state index is 0.0423. The van der Waals surface area contributed by atoms with Gasteiger partial charge in [-0.2, -0.15) is 5.10 Å². The number of carbonyl (C=O) groups is 1. The Morgan fingerprint density at radius 3 is 2.43 bits per heavy atom. The maximum Gasteiger partial charge on any atom is 0.271 e. The van der Waals surface area contributed by atoms with E-state index in [0.29, 0.717) is 0 Å². The summed E-state index contributed by atoms with van der Waals surface area (Å²) in [4.78, 5) is 21.8. The van der Waals surface area contributed by atoms with Gasteiger partial charge < -0.3 is 15.3 Å². The average Bonchev–Trinajstić information content (AvgIpc) is 2.51. The first-order valence-electron chi connectivity index (χ1n) is 6.21. The van der Waals surface area contributed by atoms with Crippen molar-refractivity contribution in [1.29, 1.82) is 0 Å². The first-order valence-corrected chi connectivity index (χ1v) is 6.21. The monoisotopic (exact) mass is 317 g/mol. The summed E-state index contributed by atoms with van der Waals surface area (Å²) >= 11 is 0. The second-order valence-electron chi connectivity index (χ2n) is 4.40. The number of nitrogens with one attached hydrogen (secondary N) is 1. The first-order chi connectivity index (χ1) is 10.9. The molecule has 2 rings (SSSR count). The van der Waals surface area contributed by atoms with Crippen LogP contribution in [-0.4, -0.2) is 32.4 Å². The van der Waals surface area contributed by atoms with E-state index >= 15 is 0 Å². The number of phenolic OH excluding ortho intramolecular Hbond substituents is 3. The van der Waals surface area contributed by atoms with Crippen LogP contribution < -0.4 is 5.43 Å². The highest BCUT2D eigenvalue weighted by Crippen LogP contribution is 2.24. The zero-order valence-corrected chi connectivity index (χ0v) is 11.5. The molecule has 0 spiro atoms. The van der Waals surface area contributed by atoms with Crippen LogP contribution in [-0.2, 0) is 0 Å². The molecule has 0 unspecified atom stereocenters. The van der Waals surface area contributed by atoms with Gasteiger partial charge in [0.15, 0.2) is 11.5 Å². The van der Waals surface area contributed by atoms with E-state index < -0.39 is 16.6 Å². The molecule has 1 amide bonds. The van der Waals surface area contributed by atoms with Gasteiger partial charge in [-0.25, -0.2) is 5.43 Å². The molecule has 0 aliphatic rings. The number of phenols is 3. The number of rotatable bonds is 4. The molecule has 4 N–H and O–H groups in total. The van der Waals surface area contributed by atoms with Crippen LogP contribution in [0, 0.1) is 10.1 Å². The molecule has 0 bridgehead atoms. The molecular formula is C14H11N3O6. The maximum absolute atomic E-state index is 11.8. The van der Waals surface area contributed by atoms with Crippen molar-refractivity contribution in [2.45, 2.75) is 0 Å². The van der Waals surface area contributed by atoms with E-state index in [9.17, 15) is 25.1 Å². The zero-order valence-electron chi connectivity index (χ0n) is 11.5. The molecular weight excluding hydrogens is 306 g/mol. The van der Waals surface area contributed by atoms with Crippen LogP contribution in [0.1, 0.15) is 15.9 Å². The highest BCUT2D eigenvalue weighted by atomic mass is 16.6. The Hall–Kier alpha value is -3.62. The normalized spacial score (nSPS) is 10.6. The Kier molecular flexibility index (Phi) is 4.41. The Morgan fingerprint density at radius 1 is 1.09 bits per heavy atom. The molecule has 2 aromatic carbocycles. The number of benzene rings is 2. The lowest BCUT2D eigenvalue weighted by Crippen LogP contribution is -2.17. The van der Waals surface area contributed by atoms with Crippen LogP contribution in [0.3, 0.4) is 0 Å². The molecule has 0 radical (unpaired) electrons. The van der Waals surface area contributed by atoms with E-state index in [4.69, 9.17) is 5.11 Å². The van der Waals surface area contributed by atoms with Gasteiger partial charge in [0.05, 0.1) is 11.1 Å². The van der Waals surface area contributed by atoms with E-state index in [2.05, 4.69) is 10.5 Å². The van der Waals surface area contributed by atoms with Crippen LogP contribution in [0.4, 0.5) is 5.69 Å². The largest absolute Gasteiger partial charge is 0.507 e. The van der Waals surface area contributed by atoms with Crippen LogP contribution in [0.15, 0.2) is 41.5 Å². The molecule has 9 nitrogen and oxygen atoms in total. The van der Waals surface area contributed by atoms with Crippen LogP contribution >= 0.6 is 0 Å². The second-order valence-corrected chi connectivity index (χ2v) is 4.40. The molecule has 23 heavy (non-hydrogen) atoms. The van der Waals surface area contributed by atoms with E-state index in [1.807, 2.05) is 0 Å². The zero-order chi connectivity index (χ0) is 17.0. The first kappa shape index (κ1) is 15.8. The minimum atomic E-state index is -0.679. The lowest BCUT2D eigenvalue weighted by Gasteiger charge is -2.02. The van der Waals surface area contributed by atoms with Crippen LogP contribution in [0.2, 0.25) is 0 Å². The van der Waals surface area contributed by atoms with Gasteiger partial charge in [-0.3, -0.25) is 14.9 Å². The van der Waals surface area contributed by atoms with Gasteiger partial charge in [-0.05, 0) is 24.3 Å². The highest BCUT2D eigenvalue weighted by Gasteiger charge is 2.10. The topological polar surface area (TPSA) is 145 Å². The van der Waals surface area contributed by atoms with Gasteiger partial charge in [-0.1, -0.05) is 0 Å². The Labute approximate surface area is 129 Å². The summed E-state index contributed by atoms with van der Waals surface area (Å²) in [7, 11) is 0. The van der Waals surface area contributed by atoms with Crippen molar-refractivity contribution in [3.8, 4) is 17.2 Å². The third-order valence-electron chi connectivity index (χ3n) is 2.83. The van der Waals surface area contributed by atoms with Gasteiger partial charge in [0.2, 0.25) is 0 Å². The van der Waals surface area contributed by atoms with Gasteiger partial charge >= 0.3 is 0 Å². The fourth-order valence-corrected chi connectivity index (χ4v) is 1.65. The number of non-ortho nitro benzene ring substituents is 1. The predicted molar refractivity (Wildman–Crippen MR) is 79.6 cm³/mol. The number of nitro groups is 1. The van der Waals surface area contributed by atoms with E-state index in [1.165, 1.54) is 6.07 Å². The van der Waals surface area contributed by atoms with Gasteiger partial charge in [0.1, 0.15) is 5.75 Å². The minimum Gasteiger partial charge on any atom is -0.507 e. The average molecular weight is 317 g/mol. The van der Waals surface area contributed by atoms with Gasteiger partial charge in [0.25, 0.3) is 11.6 Å². The van der Waals surface area contributed by atoms with E-state index in [0.717, 1.165) is 36.5 Å². The van der Waals surface area contributed by atoms with Crippen molar-refractivity contribution in [1.82, 2.24) is 5.43 Å². The molecule has 0 atom stereocenters. The summed E-state index contributed by atoms with van der Waals surface area (Å²) in [5.41, 5.74) is 1.98. The standard InChI is InChI=1S/C14H11N3O6/c18-11-4-2-10(17(22)23)5-9(11)7-15-16-14(21)8-1-3-12(19)13(20)6-8/h1-7,18-20H,(H,16,21). The fourth-order valence-electron chi connectivity index (χ4n) is 1.65. The maximum atomic E-state index is 11.8. The molecule has 118 valence electrons. The molecule has 0 aliphatic heterocycles. The number of hydrazone groups is 1. The second kappa shape index (κ2) is 6.43. The summed E-state index contributed by atoms with van der Waals surface area (Å²) in [6.45, 7) is 0. The molecule has 9 heteroatoms. The van der Waals surface area contributed by atoms with Crippen molar-refractivity contribution < 1.29 is 25.0 Å². The summed E-state index contributed by atoms with van der Waals surface area (Å²) in [6, 6.07) is 6.82. The van der Waals surface area contributed by atoms with Gasteiger partial charge in [-0.15, -0.1) is 0 Å². The van der Waals surface area contributed by atoms with Crippen molar-refractivity contribution in [3.63, 3.8) is 0 Å². The van der Waals surface area contributed by atoms with Crippen molar-refractivity contribution in [2.24, 2.45) is 5.10 Å². The lowest BCUT2D eigenvalue weighted by molar-refractivity contribution is -0.384. The highest BCUT2D eigenvalue weighted by molar-refractivity contribution is 5.95. The number of aromatic hydroxyl groups is 3. The molecule has 0 heterocycles. The third kappa shape index (κ3) is 3.73. The summed E-state index contributed by atoms with van der Waals surface area (Å²) in [6.07, 6.45) is 1.04. The summed E-state index contributed by atoms with van der Waals surface area (Å²) in [5.74, 6) is -1.75. The molecule has 0 aromatic heterocycles. The molecule has 2 aromatic rings. The predicted octanol–water partition coefficient (Wildman–Crippen LogP) is 1.48. The molecule has 0 aliphatic carbocycles. The number of amides is 1. The van der Waals surface area contributed by atoms with Crippen LogP contribution in [0.25, 0.3) is 0 Å². The SMILES string of the molecule is O=C(NN=Cc1cc([N+](=O)[O-])ccc1O)c1ccc(O)c(O)c1. The molecule has 0 saturated carbocycles. The Morgan fingerprint density at radius 2 is 1.78 bits per heavy atom. The van der Waals surface area contributed by atoms with Crippen molar-refractivity contribution in [3.05, 3.63) is 57.6 Å². The quantitative estimate of drug-likeness (QED) is 0.291. The fraction of sp³-hybridized carbons (Fsp3) is 0. The summed E-state index contributed by atoms with van der Waals surface area (Å²) in [5, 5.41) is 42.3. The van der Waals surface area contributed by atoms with E-state index in [-0.39, 0.29) is 28.3 Å². The smallest absolute Gasteiger partial charge is 0.271 e. The Balaban J connectivity index is 2.12. The van der Waals surface area contributed by atoms with E-state index in [1.54, 1.807) is 0 Å². The summed E-state index contributed by atoms with van der Waals surface area (Å²) < 4.78 is 0. The van der Waals surface area contributed by atoms with Crippen LogP contribution in [0.5, 0.6) is 17.2 Å². The third-order valence-corrected chi connectivity index (χ3v) is 2.83.